The van der Waals surface area contributed by atoms with Gasteiger partial charge in [0.15, 0.2) is 0 Å². The molecule has 2 N–H and O–H groups in total. The van der Waals surface area contributed by atoms with Crippen LogP contribution >= 0.6 is 11.9 Å². The van der Waals surface area contributed by atoms with Gasteiger partial charge in [0, 0.05) is 35.6 Å². The number of fused-ring (bicyclic) bond motifs is 7. The summed E-state index contributed by atoms with van der Waals surface area (Å²) in [5.74, 6) is 1.81. The summed E-state index contributed by atoms with van der Waals surface area (Å²) in [4.78, 5) is 30.9. The fourth-order valence-corrected chi connectivity index (χ4v) is 6.95. The minimum atomic E-state index is -0.165. The van der Waals surface area contributed by atoms with E-state index in [0.717, 1.165) is 59.6 Å². The van der Waals surface area contributed by atoms with E-state index in [1.54, 1.807) is 0 Å². The van der Waals surface area contributed by atoms with Crippen molar-refractivity contribution in [2.24, 2.45) is 5.92 Å². The van der Waals surface area contributed by atoms with Gasteiger partial charge in [0.25, 0.3) is 5.91 Å². The molecule has 1 aromatic carbocycles. The molecule has 1 saturated heterocycles. The quantitative estimate of drug-likeness (QED) is 0.224. The lowest BCUT2D eigenvalue weighted by Crippen LogP contribution is -2.40. The second kappa shape index (κ2) is 10.9. The Balaban J connectivity index is 1.42. The van der Waals surface area contributed by atoms with E-state index in [4.69, 9.17) is 15.0 Å². The first kappa shape index (κ1) is 28.5. The van der Waals surface area contributed by atoms with Gasteiger partial charge in [0.1, 0.15) is 16.7 Å². The second-order valence-corrected chi connectivity index (χ2v) is 14.2. The minimum absolute atomic E-state index is 0.00827. The van der Waals surface area contributed by atoms with Gasteiger partial charge in [-0.3, -0.25) is 14.5 Å². The smallest absolute Gasteiger partial charge is 0.265 e. The molecule has 8 heteroatoms. The average molecular weight is 581 g/mol. The summed E-state index contributed by atoms with van der Waals surface area (Å²) in [6.45, 7) is 14.2. The third-order valence-corrected chi connectivity index (χ3v) is 9.37. The maximum atomic E-state index is 13.8. The molecule has 6 rings (SSSR count). The van der Waals surface area contributed by atoms with Gasteiger partial charge in [0.05, 0.1) is 22.8 Å². The van der Waals surface area contributed by atoms with Crippen LogP contribution in [-0.4, -0.2) is 32.9 Å². The van der Waals surface area contributed by atoms with Crippen LogP contribution in [0.1, 0.15) is 87.1 Å². The summed E-state index contributed by atoms with van der Waals surface area (Å²) < 4.78 is 3.06. The number of nitrogens with zero attached hydrogens (tertiary/aromatic N) is 4. The topological polar surface area (TPSA) is 83.0 Å². The standard InChI is InChI=1S/C34H40N6OS/c1-21-9-7-10-23-17-25-31(38-30(21)23)40-20-22(19-34(40,5)6)13-14-26(27-18-24(15-16-35-27)33(2,3)4)36-28-11-8-12-29(37-28)42-39-32(25)41/h7-12,15-18,22,26H,13-14,19-20H2,1-6H3,(H,36,37)(H,39,41)/t22-,26?/m0/s1. The number of carbonyl (C=O) groups is 1. The van der Waals surface area contributed by atoms with Crippen molar-refractivity contribution >= 4 is 40.4 Å². The predicted octanol–water partition coefficient (Wildman–Crippen LogP) is 7.62. The van der Waals surface area contributed by atoms with Gasteiger partial charge in [-0.05, 0) is 92.8 Å². The highest BCUT2D eigenvalue weighted by molar-refractivity contribution is 7.97. The third kappa shape index (κ3) is 5.69. The number of hydrogen-bond donors (Lipinski definition) is 2. The number of aromatic nitrogens is 3. The number of anilines is 2. The highest BCUT2D eigenvalue weighted by Crippen LogP contribution is 2.41. The molecule has 4 bridgehead atoms. The number of carbonyl (C=O) groups excluding carboxylic acids is 1. The van der Waals surface area contributed by atoms with E-state index in [0.29, 0.717) is 16.5 Å². The second-order valence-electron chi connectivity index (χ2n) is 13.4. The van der Waals surface area contributed by atoms with Gasteiger partial charge >= 0.3 is 0 Å². The molecule has 1 fully saturated rings. The monoisotopic (exact) mass is 580 g/mol. The normalized spacial score (nSPS) is 20.7. The van der Waals surface area contributed by atoms with Crippen molar-refractivity contribution in [3.05, 3.63) is 83.2 Å². The third-order valence-electron chi connectivity index (χ3n) is 8.65. The maximum Gasteiger partial charge on any atom is 0.265 e. The molecule has 0 aliphatic carbocycles. The molecule has 1 unspecified atom stereocenters. The molecule has 7 nitrogen and oxygen atoms in total. The van der Waals surface area contributed by atoms with Crippen LogP contribution in [0.15, 0.2) is 65.8 Å². The molecule has 3 aromatic heterocycles. The molecule has 218 valence electrons. The zero-order valence-electron chi connectivity index (χ0n) is 25.4. The van der Waals surface area contributed by atoms with Gasteiger partial charge in [-0.15, -0.1) is 0 Å². The van der Waals surface area contributed by atoms with E-state index in [1.807, 2.05) is 42.6 Å². The van der Waals surface area contributed by atoms with Crippen LogP contribution < -0.4 is 14.9 Å². The average Bonchev–Trinajstić information content (AvgIpc) is 3.26. The number of benzene rings is 1. The zero-order valence-corrected chi connectivity index (χ0v) is 26.2. The summed E-state index contributed by atoms with van der Waals surface area (Å²) in [7, 11) is 0. The summed E-state index contributed by atoms with van der Waals surface area (Å²) >= 11 is 1.23. The molecule has 1 amide bonds. The molecule has 42 heavy (non-hydrogen) atoms. The van der Waals surface area contributed by atoms with Crippen molar-refractivity contribution in [1.29, 1.82) is 0 Å². The Morgan fingerprint density at radius 1 is 1.02 bits per heavy atom. The fourth-order valence-electron chi connectivity index (χ4n) is 6.35. The summed E-state index contributed by atoms with van der Waals surface area (Å²) in [5, 5.41) is 5.38. The Bertz CT molecular complexity index is 1650. The molecular formula is C34H40N6OS. The summed E-state index contributed by atoms with van der Waals surface area (Å²) in [6.07, 6.45) is 4.88. The van der Waals surface area contributed by atoms with Crippen molar-refractivity contribution in [1.82, 2.24) is 19.7 Å². The molecule has 2 atom stereocenters. The van der Waals surface area contributed by atoms with Crippen molar-refractivity contribution in [2.45, 2.75) is 82.8 Å². The summed E-state index contributed by atoms with van der Waals surface area (Å²) in [5.41, 5.74) is 4.83. The number of nitrogens with one attached hydrogen (secondary N) is 2. The number of aryl methyl sites for hydroxylation is 1. The van der Waals surface area contributed by atoms with Crippen molar-refractivity contribution in [3.8, 4) is 0 Å². The number of hydrogen-bond acceptors (Lipinski definition) is 7. The Kier molecular flexibility index (Phi) is 7.37. The maximum absolute atomic E-state index is 13.8. The molecule has 5 heterocycles. The van der Waals surface area contributed by atoms with Crippen LogP contribution in [0.3, 0.4) is 0 Å². The minimum Gasteiger partial charge on any atom is -0.362 e. The van der Waals surface area contributed by atoms with Gasteiger partial charge in [-0.25, -0.2) is 9.97 Å². The number of amides is 1. The lowest BCUT2D eigenvalue weighted by atomic mass is 9.86. The highest BCUT2D eigenvalue weighted by atomic mass is 32.2. The van der Waals surface area contributed by atoms with E-state index >= 15 is 0 Å². The van der Waals surface area contributed by atoms with Gasteiger partial charge in [-0.1, -0.05) is 45.0 Å². The summed E-state index contributed by atoms with van der Waals surface area (Å²) in [6, 6.07) is 18.4. The van der Waals surface area contributed by atoms with Crippen molar-refractivity contribution < 1.29 is 4.79 Å². The SMILES string of the molecule is Cc1cccc2cc3c(nc12)N1C[C@@H](CCC(c2cc(C(C)(C)C)ccn2)Nc2cccc(n2)SNC3=O)CC1(C)C. The fraction of sp³-hybridized carbons (Fsp3) is 0.412. The van der Waals surface area contributed by atoms with Crippen LogP contribution in [-0.2, 0) is 5.41 Å². The largest absolute Gasteiger partial charge is 0.362 e. The van der Waals surface area contributed by atoms with E-state index in [1.165, 1.54) is 17.5 Å². The Labute approximate surface area is 253 Å². The van der Waals surface area contributed by atoms with Gasteiger partial charge in [-0.2, -0.15) is 0 Å². The molecule has 0 saturated carbocycles. The highest BCUT2D eigenvalue weighted by Gasteiger charge is 2.41. The Morgan fingerprint density at radius 2 is 1.83 bits per heavy atom. The molecule has 0 spiro atoms. The van der Waals surface area contributed by atoms with Crippen LogP contribution in [0.4, 0.5) is 11.6 Å². The van der Waals surface area contributed by atoms with Crippen LogP contribution in [0.25, 0.3) is 10.9 Å². The molecule has 2 aliphatic heterocycles. The molecule has 0 radical (unpaired) electrons. The van der Waals surface area contributed by atoms with Crippen LogP contribution in [0.2, 0.25) is 0 Å². The molecular weight excluding hydrogens is 540 g/mol. The van der Waals surface area contributed by atoms with E-state index < -0.39 is 0 Å². The van der Waals surface area contributed by atoms with E-state index in [2.05, 4.69) is 74.7 Å². The predicted molar refractivity (Wildman–Crippen MR) is 172 cm³/mol. The number of para-hydroxylation sites is 1. The first-order chi connectivity index (χ1) is 20.0. The van der Waals surface area contributed by atoms with Crippen LogP contribution in [0.5, 0.6) is 0 Å². The van der Waals surface area contributed by atoms with Crippen molar-refractivity contribution in [2.75, 3.05) is 16.8 Å². The molecule has 2 aliphatic rings. The lowest BCUT2D eigenvalue weighted by molar-refractivity contribution is 0.0984. The number of rotatable bonds is 1. The van der Waals surface area contributed by atoms with Crippen LogP contribution in [0, 0.1) is 12.8 Å². The van der Waals surface area contributed by atoms with E-state index in [9.17, 15) is 4.79 Å². The Morgan fingerprint density at radius 3 is 2.64 bits per heavy atom. The first-order valence-electron chi connectivity index (χ1n) is 14.8. The van der Waals surface area contributed by atoms with Crippen molar-refractivity contribution in [3.63, 3.8) is 0 Å². The lowest BCUT2D eigenvalue weighted by Gasteiger charge is -2.34. The first-order valence-corrected chi connectivity index (χ1v) is 15.6. The number of pyridine rings is 3. The Hall–Kier alpha value is -3.65. The molecule has 4 aromatic rings. The van der Waals surface area contributed by atoms with Gasteiger partial charge in [0.2, 0.25) is 0 Å². The van der Waals surface area contributed by atoms with E-state index in [-0.39, 0.29) is 22.9 Å². The zero-order chi connectivity index (χ0) is 29.6. The van der Waals surface area contributed by atoms with Gasteiger partial charge < -0.3 is 10.2 Å².